The predicted molar refractivity (Wildman–Crippen MR) is 120 cm³/mol. The van der Waals surface area contributed by atoms with E-state index in [4.69, 9.17) is 4.74 Å². The third kappa shape index (κ3) is 4.58. The Labute approximate surface area is 186 Å². The van der Waals surface area contributed by atoms with Gasteiger partial charge in [-0.05, 0) is 54.0 Å². The molecular weight excluding hydrogens is 405 g/mol. The van der Waals surface area contributed by atoms with E-state index in [1.807, 2.05) is 36.4 Å². The third-order valence-corrected chi connectivity index (χ3v) is 5.48. The summed E-state index contributed by atoms with van der Waals surface area (Å²) < 4.78 is 20.2. The van der Waals surface area contributed by atoms with Gasteiger partial charge in [0.25, 0.3) is 5.91 Å². The normalized spacial score (nSPS) is 17.8. The van der Waals surface area contributed by atoms with Gasteiger partial charge in [-0.15, -0.1) is 0 Å². The van der Waals surface area contributed by atoms with Gasteiger partial charge in [-0.3, -0.25) is 9.78 Å². The van der Waals surface area contributed by atoms with Gasteiger partial charge >= 0.3 is 0 Å². The maximum Gasteiger partial charge on any atom is 0.251 e. The Kier molecular flexibility index (Phi) is 6.11. The molecule has 1 N–H and O–H groups in total. The summed E-state index contributed by atoms with van der Waals surface area (Å²) in [5.41, 5.74) is 3.09. The molecule has 1 amide bonds. The van der Waals surface area contributed by atoms with E-state index in [-0.39, 0.29) is 18.3 Å². The second kappa shape index (κ2) is 9.13. The van der Waals surface area contributed by atoms with Gasteiger partial charge in [0, 0.05) is 17.3 Å². The van der Waals surface area contributed by atoms with Gasteiger partial charge in [0.05, 0.1) is 31.5 Å². The summed E-state index contributed by atoms with van der Waals surface area (Å²) in [6, 6.07) is 20.0. The number of nitrogens with one attached hydrogen (secondary N) is 1. The number of pyridine rings is 1. The highest BCUT2D eigenvalue weighted by Gasteiger charge is 2.33. The van der Waals surface area contributed by atoms with Crippen LogP contribution in [0.5, 0.6) is 0 Å². The highest BCUT2D eigenvalue weighted by atomic mass is 19.1. The summed E-state index contributed by atoms with van der Waals surface area (Å²) in [5.74, 6) is -0.661. The smallest absolute Gasteiger partial charge is 0.251 e. The van der Waals surface area contributed by atoms with Crippen LogP contribution >= 0.6 is 0 Å². The van der Waals surface area contributed by atoms with Crippen LogP contribution in [0, 0.1) is 11.3 Å². The number of carbonyl (C=O) groups is 1. The highest BCUT2D eigenvalue weighted by Crippen LogP contribution is 2.32. The van der Waals surface area contributed by atoms with Crippen molar-refractivity contribution in [2.75, 3.05) is 6.61 Å². The zero-order valence-electron chi connectivity index (χ0n) is 17.6. The van der Waals surface area contributed by atoms with Gasteiger partial charge in [0.15, 0.2) is 0 Å². The number of nitrogens with zero attached hydrogens (tertiary/aromatic N) is 2. The molecular formula is C26H22FN3O2. The molecule has 1 aromatic heterocycles. The molecule has 4 rings (SSSR count). The van der Waals surface area contributed by atoms with E-state index in [2.05, 4.69) is 16.4 Å². The van der Waals surface area contributed by atoms with Crippen molar-refractivity contribution in [1.29, 1.82) is 5.26 Å². The number of nitriles is 1. The number of halogens is 1. The number of carbonyl (C=O) groups excluding carboxylic acids is 1. The molecule has 5 nitrogen and oxygen atoms in total. The van der Waals surface area contributed by atoms with Crippen LogP contribution in [0.25, 0.3) is 11.9 Å². The Morgan fingerprint density at radius 1 is 1.22 bits per heavy atom. The topological polar surface area (TPSA) is 75.0 Å². The largest absolute Gasteiger partial charge is 0.375 e. The summed E-state index contributed by atoms with van der Waals surface area (Å²) in [5, 5.41) is 12.4. The Bertz CT molecular complexity index is 1220. The average molecular weight is 427 g/mol. The lowest BCUT2D eigenvalue weighted by atomic mass is 9.79. The zero-order valence-corrected chi connectivity index (χ0v) is 17.6. The molecule has 2 heterocycles. The van der Waals surface area contributed by atoms with Crippen molar-refractivity contribution in [2.24, 2.45) is 0 Å². The highest BCUT2D eigenvalue weighted by molar-refractivity contribution is 5.94. The number of ether oxygens (including phenoxy) is 1. The van der Waals surface area contributed by atoms with Crippen molar-refractivity contribution in [3.63, 3.8) is 0 Å². The zero-order chi connectivity index (χ0) is 22.6. The van der Waals surface area contributed by atoms with E-state index < -0.39 is 5.41 Å². The molecule has 0 spiro atoms. The van der Waals surface area contributed by atoms with Crippen LogP contribution in [0.4, 0.5) is 4.39 Å². The predicted octanol–water partition coefficient (Wildman–Crippen LogP) is 4.79. The third-order valence-electron chi connectivity index (χ3n) is 5.48. The first-order valence-corrected chi connectivity index (χ1v) is 10.3. The molecule has 0 aliphatic carbocycles. The Morgan fingerprint density at radius 2 is 2.03 bits per heavy atom. The average Bonchev–Trinajstić information content (AvgIpc) is 2.83. The number of hydrogen-bond acceptors (Lipinski definition) is 4. The van der Waals surface area contributed by atoms with Crippen LogP contribution in [0.1, 0.15) is 45.2 Å². The molecule has 0 radical (unpaired) electrons. The maximum absolute atomic E-state index is 14.6. The Morgan fingerprint density at radius 3 is 2.81 bits per heavy atom. The molecule has 0 fully saturated rings. The Hall–Kier alpha value is -3.82. The first kappa shape index (κ1) is 21.4. The van der Waals surface area contributed by atoms with Crippen molar-refractivity contribution in [3.05, 3.63) is 100 Å². The number of hydrogen-bond donors (Lipinski definition) is 1. The van der Waals surface area contributed by atoms with E-state index in [0.717, 1.165) is 16.7 Å². The molecule has 0 saturated carbocycles. The molecule has 1 atom stereocenters. The molecule has 1 aliphatic rings. The van der Waals surface area contributed by atoms with E-state index in [9.17, 15) is 14.4 Å². The molecule has 6 heteroatoms. The van der Waals surface area contributed by atoms with Gasteiger partial charge in [-0.1, -0.05) is 36.4 Å². The van der Waals surface area contributed by atoms with Crippen molar-refractivity contribution in [3.8, 4) is 6.07 Å². The quantitative estimate of drug-likeness (QED) is 0.635. The van der Waals surface area contributed by atoms with Gasteiger partial charge < -0.3 is 10.1 Å². The lowest BCUT2D eigenvalue weighted by molar-refractivity contribution is 0.0757. The molecule has 0 saturated heterocycles. The standard InChI is InChI=1S/C26H22FN3O2/c1-26(16-28)17-32-15-21-8-7-20(13-23(21)26)25(31)30-14-22-12-19(9-10-29-22)24(27)11-18-5-3-2-4-6-18/h2-13H,14-15,17H2,1H3,(H,30,31)/b24-11-/t26-/m1/s1. The SMILES string of the molecule is C[C@@]1(C#N)COCc2ccc(C(=O)NCc3cc(/C(F)=C/c4ccccc4)ccn3)cc21. The fourth-order valence-electron chi connectivity index (χ4n) is 3.67. The number of rotatable bonds is 5. The van der Waals surface area contributed by atoms with E-state index in [0.29, 0.717) is 30.0 Å². The van der Waals surface area contributed by atoms with Crippen molar-refractivity contribution in [1.82, 2.24) is 10.3 Å². The second-order valence-corrected chi connectivity index (χ2v) is 7.93. The minimum absolute atomic E-state index is 0.154. The van der Waals surface area contributed by atoms with Crippen LogP contribution in [0.2, 0.25) is 0 Å². The summed E-state index contributed by atoms with van der Waals surface area (Å²) in [6.07, 6.45) is 2.98. The number of amides is 1. The van der Waals surface area contributed by atoms with Crippen LogP contribution in [-0.2, 0) is 23.3 Å². The molecule has 2 aromatic carbocycles. The fraction of sp³-hybridized carbons (Fsp3) is 0.192. The summed E-state index contributed by atoms with van der Waals surface area (Å²) in [6.45, 7) is 2.67. The molecule has 0 bridgehead atoms. The summed E-state index contributed by atoms with van der Waals surface area (Å²) in [7, 11) is 0. The lowest BCUT2D eigenvalue weighted by Gasteiger charge is -2.30. The van der Waals surface area contributed by atoms with Crippen LogP contribution in [-0.4, -0.2) is 17.5 Å². The molecule has 32 heavy (non-hydrogen) atoms. The molecule has 0 unspecified atom stereocenters. The molecule has 160 valence electrons. The van der Waals surface area contributed by atoms with Gasteiger partial charge in [0.1, 0.15) is 11.2 Å². The molecule has 1 aliphatic heterocycles. The number of aromatic nitrogens is 1. The van der Waals surface area contributed by atoms with Crippen LogP contribution in [0.15, 0.2) is 66.9 Å². The van der Waals surface area contributed by atoms with Crippen LogP contribution < -0.4 is 5.32 Å². The van der Waals surface area contributed by atoms with Crippen molar-refractivity contribution in [2.45, 2.75) is 25.5 Å². The summed E-state index contributed by atoms with van der Waals surface area (Å²) >= 11 is 0. The first-order chi connectivity index (χ1) is 15.5. The minimum atomic E-state index is -0.789. The van der Waals surface area contributed by atoms with E-state index in [1.165, 1.54) is 12.3 Å². The van der Waals surface area contributed by atoms with Crippen molar-refractivity contribution < 1.29 is 13.9 Å². The van der Waals surface area contributed by atoms with Gasteiger partial charge in [-0.2, -0.15) is 5.26 Å². The maximum atomic E-state index is 14.6. The minimum Gasteiger partial charge on any atom is -0.375 e. The van der Waals surface area contributed by atoms with E-state index in [1.54, 1.807) is 31.2 Å². The van der Waals surface area contributed by atoms with Crippen molar-refractivity contribution >= 4 is 17.8 Å². The molecule has 3 aromatic rings. The lowest BCUT2D eigenvalue weighted by Crippen LogP contribution is -2.33. The Balaban J connectivity index is 1.47. The van der Waals surface area contributed by atoms with Gasteiger partial charge in [-0.25, -0.2) is 4.39 Å². The fourth-order valence-corrected chi connectivity index (χ4v) is 3.67. The second-order valence-electron chi connectivity index (χ2n) is 7.93. The number of fused-ring (bicyclic) bond motifs is 1. The van der Waals surface area contributed by atoms with Crippen LogP contribution in [0.3, 0.4) is 0 Å². The number of benzene rings is 2. The van der Waals surface area contributed by atoms with Gasteiger partial charge in [0.2, 0.25) is 0 Å². The summed E-state index contributed by atoms with van der Waals surface area (Å²) in [4.78, 5) is 17.0. The first-order valence-electron chi connectivity index (χ1n) is 10.3. The monoisotopic (exact) mass is 427 g/mol. The van der Waals surface area contributed by atoms with E-state index >= 15 is 0 Å².